The number of para-hydroxylation sites is 1. The van der Waals surface area contributed by atoms with E-state index in [1.807, 2.05) is 54.6 Å². The summed E-state index contributed by atoms with van der Waals surface area (Å²) in [5, 5.41) is 1.43. The maximum Gasteiger partial charge on any atom is 0.248 e. The summed E-state index contributed by atoms with van der Waals surface area (Å²) in [4.78, 5) is 28.1. The van der Waals surface area contributed by atoms with E-state index in [4.69, 9.17) is 46.9 Å². The maximum absolute atomic E-state index is 13.6. The molecule has 7 aliphatic rings. The number of unbranched alkanes of at least 4 members (excludes halogenated alkanes) is 1. The van der Waals surface area contributed by atoms with Gasteiger partial charge in [0, 0.05) is 186 Å². The summed E-state index contributed by atoms with van der Waals surface area (Å²) in [6, 6.07) is 54.4. The average molecular weight is 1980 g/mol. The lowest BCUT2D eigenvalue weighted by atomic mass is 9.65. The normalized spacial score (nSPS) is 18.9. The summed E-state index contributed by atoms with van der Waals surface area (Å²) in [5.41, 5.74) is 7.07. The molecule has 0 aromatic heterocycles. The standard InChI is InChI=1S/C22H33F2N.C22H38N2O.C21H34N2O.C19H32N2O.2C18H29ClN2O/c1-20(2,3)25-15-13-21(14-16-25,19-7-5-4-6-8-19)17-18-9-11-22(23,24)12-10-18;1-6-7-14-23(17-18-25-21-10-8-19(2)9-11-21)20-12-15-24(16-13-20)22(3,4)5;1-6-13-22(16-17-24-20-9-7-18(2)8-10-20)19-11-14-23(15-12-19)21(3,4)5;1-16-6-8-18(9-7-16)22-15-14-20(5)17-10-12-21(13-11-17)19(2,3)4;1-18(2,3)21-11-9-16(10-12-21)20(4)13-14-22-17-7-5-15(19)6-8-17;1-18(2,3)21-11-9-15(10-12-21)20(4)13-14-22-17-8-6-5-7-16(17)19/h4-8,18H,9-17H2,1-3H3;8-11,20H,6-7,12-18H2,1-5H3;6-10,19H,1,11-17H2,2-5H3;6-9,17H,10-15H2,1-5H3;5-8,16H,9-14H2,1-4H3;5-8,15H,9-14H2,1-4H3. The molecule has 0 spiro atoms. The molecular formula is C120H195Cl2F2N11O5. The van der Waals surface area contributed by atoms with E-state index in [-0.39, 0.29) is 34.9 Å². The predicted molar refractivity (Wildman–Crippen MR) is 592 cm³/mol. The van der Waals surface area contributed by atoms with Crippen LogP contribution in [0.4, 0.5) is 8.78 Å². The highest BCUT2D eigenvalue weighted by atomic mass is 35.5. The zero-order valence-corrected chi connectivity index (χ0v) is 94.1. The molecule has 20 heteroatoms. The van der Waals surface area contributed by atoms with Gasteiger partial charge < -0.3 is 23.7 Å². The Labute approximate surface area is 863 Å². The van der Waals surface area contributed by atoms with E-state index in [1.54, 1.807) is 0 Å². The van der Waals surface area contributed by atoms with Crippen LogP contribution in [0.3, 0.4) is 0 Å². The number of piperidine rings is 6. The van der Waals surface area contributed by atoms with Crippen molar-refractivity contribution in [3.8, 4) is 28.7 Å². The summed E-state index contributed by atoms with van der Waals surface area (Å²) < 4.78 is 56.4. The zero-order chi connectivity index (χ0) is 102. The van der Waals surface area contributed by atoms with E-state index < -0.39 is 5.92 Å². The molecule has 6 aliphatic heterocycles. The fourth-order valence-corrected chi connectivity index (χ4v) is 21.4. The van der Waals surface area contributed by atoms with Gasteiger partial charge in [-0.3, -0.25) is 53.9 Å². The number of halogens is 4. The van der Waals surface area contributed by atoms with Gasteiger partial charge in [-0.2, -0.15) is 0 Å². The SMILES string of the molecule is C=CCN(CCOc1ccc(C)cc1)C1CCN(C(C)(C)C)CC1.CC(C)(C)N1CCC(CC2CCC(F)(F)CC2)(c2ccccc2)CC1.CCCCN(CCOc1ccc(C)cc1)C1CCN(C(C)(C)C)CC1.CN(CCOc1ccc(Cl)cc1)C1CCN(C(C)(C)C)CC1.CN(CCOc1ccccc1Cl)C1CCN(C(C)(C)C)CC1.Cc1ccc(OCCN(C)C2CCN(C(C)(C)C)CC2)cc1. The van der Waals surface area contributed by atoms with E-state index in [1.165, 1.54) is 171 Å². The van der Waals surface area contributed by atoms with Crippen molar-refractivity contribution in [3.63, 3.8) is 0 Å². The van der Waals surface area contributed by atoms with Crippen LogP contribution in [0, 0.1) is 26.7 Å². The van der Waals surface area contributed by atoms with E-state index in [0.29, 0.717) is 77.2 Å². The number of alkyl halides is 2. The molecule has 0 atom stereocenters. The average Bonchev–Trinajstić information content (AvgIpc) is 0.774. The first-order valence-electron chi connectivity index (χ1n) is 54.1. The van der Waals surface area contributed by atoms with Crippen molar-refractivity contribution >= 4 is 23.2 Å². The van der Waals surface area contributed by atoms with E-state index in [0.717, 1.165) is 132 Å². The lowest BCUT2D eigenvalue weighted by Crippen LogP contribution is -2.51. The van der Waals surface area contributed by atoms with Crippen molar-refractivity contribution in [3.05, 3.63) is 197 Å². The topological polar surface area (TPSA) is 81.8 Å². The summed E-state index contributed by atoms with van der Waals surface area (Å²) >= 11 is 12.0. The van der Waals surface area contributed by atoms with Gasteiger partial charge in [0.25, 0.3) is 0 Å². The van der Waals surface area contributed by atoms with Crippen LogP contribution in [0.5, 0.6) is 28.7 Å². The van der Waals surface area contributed by atoms with Gasteiger partial charge in [0.1, 0.15) is 61.8 Å². The van der Waals surface area contributed by atoms with Crippen LogP contribution in [0.1, 0.15) is 276 Å². The van der Waals surface area contributed by atoms with Crippen LogP contribution in [-0.4, -0.2) is 302 Å². The lowest BCUT2D eigenvalue weighted by molar-refractivity contribution is -0.0507. The molecule has 13 rings (SSSR count). The van der Waals surface area contributed by atoms with E-state index >= 15 is 0 Å². The van der Waals surface area contributed by atoms with Crippen molar-refractivity contribution in [2.24, 2.45) is 5.92 Å². The smallest absolute Gasteiger partial charge is 0.248 e. The Morgan fingerprint density at radius 3 is 0.971 bits per heavy atom. The summed E-state index contributed by atoms with van der Waals surface area (Å²) in [6.07, 6.45) is 22.0. The number of likely N-dealkylation sites (tertiary alicyclic amines) is 6. The van der Waals surface area contributed by atoms with E-state index in [9.17, 15) is 8.78 Å². The summed E-state index contributed by atoms with van der Waals surface area (Å²) in [5.74, 6) is 2.61. The molecule has 788 valence electrons. The second kappa shape index (κ2) is 58.0. The van der Waals surface area contributed by atoms with Crippen LogP contribution in [0.2, 0.25) is 10.0 Å². The van der Waals surface area contributed by atoms with Crippen molar-refractivity contribution in [2.45, 2.75) is 349 Å². The van der Waals surface area contributed by atoms with Crippen LogP contribution in [-0.2, 0) is 5.41 Å². The molecule has 0 unspecified atom stereocenters. The van der Waals surface area contributed by atoms with Crippen molar-refractivity contribution in [1.29, 1.82) is 0 Å². The van der Waals surface area contributed by atoms with Crippen LogP contribution >= 0.6 is 23.2 Å². The molecule has 16 nitrogen and oxygen atoms in total. The second-order valence-corrected chi connectivity index (χ2v) is 48.3. The molecule has 6 aromatic carbocycles. The third-order valence-electron chi connectivity index (χ3n) is 30.8. The monoisotopic (exact) mass is 1980 g/mol. The highest BCUT2D eigenvalue weighted by Crippen LogP contribution is 2.48. The Balaban J connectivity index is 0.000000206. The van der Waals surface area contributed by atoms with Crippen molar-refractivity contribution in [2.75, 3.05) is 179 Å². The number of aryl methyl sites for hydroxylation is 3. The number of rotatable bonds is 33. The quantitative estimate of drug-likeness (QED) is 0.0366. The maximum atomic E-state index is 13.6. The summed E-state index contributed by atoms with van der Waals surface area (Å²) in [6.45, 7) is 78.9. The Hall–Kier alpha value is -5.94. The number of ether oxygens (including phenoxy) is 5. The van der Waals surface area contributed by atoms with Gasteiger partial charge in [-0.25, -0.2) is 8.78 Å². The van der Waals surface area contributed by atoms with Crippen LogP contribution in [0.25, 0.3) is 0 Å². The molecule has 6 saturated heterocycles. The Morgan fingerprint density at radius 1 is 0.350 bits per heavy atom. The molecule has 0 amide bonds. The minimum Gasteiger partial charge on any atom is -0.492 e. The molecule has 0 N–H and O–H groups in total. The van der Waals surface area contributed by atoms with Gasteiger partial charge in [-0.15, -0.1) is 6.58 Å². The number of benzene rings is 6. The number of nitrogens with zero attached hydrogens (tertiary/aromatic N) is 11. The van der Waals surface area contributed by atoms with Crippen molar-refractivity contribution in [1.82, 2.24) is 53.9 Å². The highest BCUT2D eigenvalue weighted by Gasteiger charge is 2.44. The van der Waals surface area contributed by atoms with E-state index in [2.05, 4.69) is 337 Å². The second-order valence-electron chi connectivity index (χ2n) is 47.4. The molecule has 7 fully saturated rings. The highest BCUT2D eigenvalue weighted by molar-refractivity contribution is 6.32. The Kier molecular flexibility index (Phi) is 49.4. The number of hydrogen-bond donors (Lipinski definition) is 0. The number of hydrogen-bond acceptors (Lipinski definition) is 16. The fourth-order valence-electron chi connectivity index (χ4n) is 21.0. The largest absolute Gasteiger partial charge is 0.492 e. The first kappa shape index (κ1) is 119. The third-order valence-corrected chi connectivity index (χ3v) is 31.4. The molecule has 0 radical (unpaired) electrons. The number of likely N-dealkylation sites (N-methyl/N-ethyl adjacent to an activating group) is 3. The Bertz CT molecular complexity index is 4230. The van der Waals surface area contributed by atoms with Crippen molar-refractivity contribution < 1.29 is 32.5 Å². The van der Waals surface area contributed by atoms with Crippen LogP contribution < -0.4 is 23.7 Å². The zero-order valence-electron chi connectivity index (χ0n) is 92.6. The van der Waals surface area contributed by atoms with Gasteiger partial charge in [0.15, 0.2) is 0 Å². The first-order chi connectivity index (χ1) is 66.1. The first-order valence-corrected chi connectivity index (χ1v) is 54.8. The minimum absolute atomic E-state index is 0.0800. The van der Waals surface area contributed by atoms with Gasteiger partial charge in [-0.1, -0.05) is 138 Å². The van der Waals surface area contributed by atoms with Gasteiger partial charge in [-0.05, 0) is 379 Å². The molecule has 6 heterocycles. The van der Waals surface area contributed by atoms with Crippen LogP contribution in [0.15, 0.2) is 164 Å². The molecule has 1 saturated carbocycles. The molecule has 1 aliphatic carbocycles. The molecule has 140 heavy (non-hydrogen) atoms. The molecular weight excluding hydrogens is 1780 g/mol. The fraction of sp³-hybridized carbons (Fsp3) is 0.683. The van der Waals surface area contributed by atoms with Gasteiger partial charge in [0.2, 0.25) is 5.92 Å². The third kappa shape index (κ3) is 42.5. The molecule has 0 bridgehead atoms. The lowest BCUT2D eigenvalue weighted by Gasteiger charge is -2.48. The minimum atomic E-state index is -2.42. The molecule has 6 aromatic rings. The predicted octanol–water partition coefficient (Wildman–Crippen LogP) is 26.3. The van der Waals surface area contributed by atoms with Gasteiger partial charge in [0.05, 0.1) is 5.02 Å². The summed E-state index contributed by atoms with van der Waals surface area (Å²) in [7, 11) is 6.64. The Morgan fingerprint density at radius 2 is 0.643 bits per heavy atom. The van der Waals surface area contributed by atoms with Gasteiger partial charge >= 0.3 is 0 Å².